The lowest BCUT2D eigenvalue weighted by Gasteiger charge is -2.38. The average Bonchev–Trinajstić information content (AvgIpc) is 2.59. The number of phenolic OH excluding ortho intramolecular Hbond substituents is 2. The van der Waals surface area contributed by atoms with Gasteiger partial charge in [0, 0.05) is 11.5 Å². The van der Waals surface area contributed by atoms with Crippen LogP contribution in [0.4, 0.5) is 0 Å². The molecule has 0 spiro atoms. The minimum absolute atomic E-state index is 0.0346. The Morgan fingerprint density at radius 1 is 1.25 bits per heavy atom. The first-order valence-corrected chi connectivity index (χ1v) is 9.41. The highest BCUT2D eigenvalue weighted by Crippen LogP contribution is 2.41. The summed E-state index contributed by atoms with van der Waals surface area (Å²) in [5.74, 6) is -0.0920. The molecule has 2 atom stereocenters. The van der Waals surface area contributed by atoms with Gasteiger partial charge >= 0.3 is 5.97 Å². The van der Waals surface area contributed by atoms with E-state index in [0.717, 1.165) is 6.42 Å². The summed E-state index contributed by atoms with van der Waals surface area (Å²) < 4.78 is 4.51. The number of benzene rings is 1. The van der Waals surface area contributed by atoms with Crippen molar-refractivity contribution in [2.45, 2.75) is 48.0 Å². The zero-order valence-corrected chi connectivity index (χ0v) is 17.9. The summed E-state index contributed by atoms with van der Waals surface area (Å²) in [7, 11) is 1.24. The van der Waals surface area contributed by atoms with Crippen molar-refractivity contribution in [1.29, 1.82) is 0 Å². The third-order valence-electron chi connectivity index (χ3n) is 5.20. The summed E-state index contributed by atoms with van der Waals surface area (Å²) in [5.41, 5.74) is 0.960. The fourth-order valence-corrected chi connectivity index (χ4v) is 3.69. The number of carbonyl (C=O) groups excluding carboxylic acids is 2. The molecule has 0 fully saturated rings. The standard InChI is InChI=1S/C13H20O.C10H12O4/c1-5-7-11(14)12-10(2)8-6-9-13(12,3)4;1-5-4-7(11)6(2)9(12)8(5)10(13)14-3/h5-8,10,12H,9H2,1-4H3;4,11-12H,1-3H3. The number of phenols is 2. The minimum atomic E-state index is -0.608. The lowest BCUT2D eigenvalue weighted by molar-refractivity contribution is -0.123. The number of hydrogen-bond acceptors (Lipinski definition) is 5. The van der Waals surface area contributed by atoms with Crippen molar-refractivity contribution in [3.05, 3.63) is 47.1 Å². The van der Waals surface area contributed by atoms with E-state index < -0.39 is 5.97 Å². The molecule has 0 radical (unpaired) electrons. The van der Waals surface area contributed by atoms with Gasteiger partial charge < -0.3 is 14.9 Å². The van der Waals surface area contributed by atoms with Gasteiger partial charge in [-0.25, -0.2) is 4.79 Å². The quantitative estimate of drug-likeness (QED) is 0.438. The van der Waals surface area contributed by atoms with Crippen LogP contribution >= 0.6 is 0 Å². The SMILES string of the molecule is CC=CC(=O)C1C(C)C=CCC1(C)C.COC(=O)c1c(C)cc(O)c(C)c1O. The molecule has 0 saturated carbocycles. The molecule has 2 N–H and O–H groups in total. The first-order chi connectivity index (χ1) is 13.0. The summed E-state index contributed by atoms with van der Waals surface area (Å²) in [6.07, 6.45) is 8.91. The summed E-state index contributed by atoms with van der Waals surface area (Å²) in [6.45, 7) is 11.5. The van der Waals surface area contributed by atoms with E-state index in [9.17, 15) is 19.8 Å². The van der Waals surface area contributed by atoms with Crippen LogP contribution in [0.2, 0.25) is 0 Å². The number of ether oxygens (including phenoxy) is 1. The summed E-state index contributed by atoms with van der Waals surface area (Å²) >= 11 is 0. The Hall–Kier alpha value is -2.56. The van der Waals surface area contributed by atoms with Crippen molar-refractivity contribution < 1.29 is 24.5 Å². The Labute approximate surface area is 167 Å². The van der Waals surface area contributed by atoms with Gasteiger partial charge in [0.2, 0.25) is 0 Å². The van der Waals surface area contributed by atoms with Gasteiger partial charge in [-0.3, -0.25) is 4.79 Å². The van der Waals surface area contributed by atoms with Gasteiger partial charge in [-0.15, -0.1) is 0 Å². The number of aryl methyl sites for hydroxylation is 1. The van der Waals surface area contributed by atoms with E-state index in [0.29, 0.717) is 11.5 Å². The van der Waals surface area contributed by atoms with E-state index in [2.05, 4.69) is 37.7 Å². The largest absolute Gasteiger partial charge is 0.508 e. The van der Waals surface area contributed by atoms with E-state index in [4.69, 9.17) is 0 Å². The number of carbonyl (C=O) groups is 2. The molecule has 0 aromatic heterocycles. The van der Waals surface area contributed by atoms with Crippen LogP contribution in [0.3, 0.4) is 0 Å². The van der Waals surface area contributed by atoms with Crippen LogP contribution in [0.25, 0.3) is 0 Å². The van der Waals surface area contributed by atoms with E-state index in [1.807, 2.05) is 13.0 Å². The zero-order chi connectivity index (χ0) is 21.6. The normalized spacial score (nSPS) is 20.4. The third-order valence-corrected chi connectivity index (χ3v) is 5.20. The smallest absolute Gasteiger partial charge is 0.341 e. The second-order valence-corrected chi connectivity index (χ2v) is 7.91. The number of esters is 1. The third kappa shape index (κ3) is 5.24. The van der Waals surface area contributed by atoms with Gasteiger partial charge in [-0.1, -0.05) is 39.0 Å². The van der Waals surface area contributed by atoms with Crippen LogP contribution in [-0.2, 0) is 9.53 Å². The molecule has 5 heteroatoms. The highest BCUT2D eigenvalue weighted by molar-refractivity contribution is 5.95. The van der Waals surface area contributed by atoms with Gasteiger partial charge in [0.15, 0.2) is 5.78 Å². The lowest BCUT2D eigenvalue weighted by Crippen LogP contribution is -2.36. The first kappa shape index (κ1) is 23.5. The molecule has 1 aliphatic carbocycles. The Morgan fingerprint density at radius 3 is 2.36 bits per heavy atom. The molecular formula is C23H32O5. The number of ketones is 1. The summed E-state index contributed by atoms with van der Waals surface area (Å²) in [5, 5.41) is 18.9. The number of rotatable bonds is 3. The highest BCUT2D eigenvalue weighted by atomic mass is 16.5. The highest BCUT2D eigenvalue weighted by Gasteiger charge is 2.38. The van der Waals surface area contributed by atoms with Crippen LogP contribution < -0.4 is 0 Å². The van der Waals surface area contributed by atoms with Crippen LogP contribution in [0.1, 0.15) is 55.6 Å². The van der Waals surface area contributed by atoms with E-state index in [1.54, 1.807) is 13.0 Å². The Balaban J connectivity index is 0.000000280. The van der Waals surface area contributed by atoms with Crippen LogP contribution in [0.5, 0.6) is 11.5 Å². The molecule has 5 nitrogen and oxygen atoms in total. The molecule has 28 heavy (non-hydrogen) atoms. The second kappa shape index (κ2) is 9.58. The van der Waals surface area contributed by atoms with Crippen LogP contribution in [0, 0.1) is 31.1 Å². The molecule has 1 aromatic carbocycles. The van der Waals surface area contributed by atoms with Crippen molar-refractivity contribution >= 4 is 11.8 Å². The van der Waals surface area contributed by atoms with Crippen molar-refractivity contribution in [3.8, 4) is 11.5 Å². The topological polar surface area (TPSA) is 83.8 Å². The molecule has 2 rings (SSSR count). The molecule has 1 aromatic rings. The lowest BCUT2D eigenvalue weighted by atomic mass is 9.65. The van der Waals surface area contributed by atoms with Gasteiger partial charge in [0.05, 0.1) is 7.11 Å². The summed E-state index contributed by atoms with van der Waals surface area (Å²) in [6, 6.07) is 1.42. The summed E-state index contributed by atoms with van der Waals surface area (Å²) in [4.78, 5) is 23.2. The van der Waals surface area contributed by atoms with Crippen molar-refractivity contribution in [2.24, 2.45) is 17.3 Å². The predicted molar refractivity (Wildman–Crippen MR) is 111 cm³/mol. The van der Waals surface area contributed by atoms with Crippen LogP contribution in [-0.4, -0.2) is 29.1 Å². The minimum Gasteiger partial charge on any atom is -0.508 e. The molecule has 154 valence electrons. The molecular weight excluding hydrogens is 356 g/mol. The number of allylic oxidation sites excluding steroid dienone is 4. The Kier molecular flexibility index (Phi) is 8.03. The molecule has 0 amide bonds. The van der Waals surface area contributed by atoms with Gasteiger partial charge in [0.25, 0.3) is 0 Å². The molecule has 1 aliphatic rings. The van der Waals surface area contributed by atoms with Gasteiger partial charge in [-0.2, -0.15) is 0 Å². The van der Waals surface area contributed by atoms with Crippen molar-refractivity contribution in [2.75, 3.05) is 7.11 Å². The average molecular weight is 389 g/mol. The number of hydrogen-bond donors (Lipinski definition) is 2. The molecule has 0 bridgehead atoms. The maximum Gasteiger partial charge on any atom is 0.341 e. The monoisotopic (exact) mass is 388 g/mol. The molecule has 2 unspecified atom stereocenters. The van der Waals surface area contributed by atoms with Gasteiger partial charge in [-0.05, 0) is 56.2 Å². The second-order valence-electron chi connectivity index (χ2n) is 7.91. The Bertz CT molecular complexity index is 787. The van der Waals surface area contributed by atoms with E-state index >= 15 is 0 Å². The molecule has 0 heterocycles. The van der Waals surface area contributed by atoms with Crippen molar-refractivity contribution in [3.63, 3.8) is 0 Å². The maximum absolute atomic E-state index is 11.9. The molecule has 0 aliphatic heterocycles. The van der Waals surface area contributed by atoms with E-state index in [1.165, 1.54) is 20.1 Å². The van der Waals surface area contributed by atoms with Crippen LogP contribution in [0.15, 0.2) is 30.4 Å². The first-order valence-electron chi connectivity index (χ1n) is 9.41. The number of aromatic hydroxyl groups is 2. The Morgan fingerprint density at radius 2 is 1.86 bits per heavy atom. The van der Waals surface area contributed by atoms with Crippen molar-refractivity contribution in [1.82, 2.24) is 0 Å². The predicted octanol–water partition coefficient (Wildman–Crippen LogP) is 4.87. The fourth-order valence-electron chi connectivity index (χ4n) is 3.69. The molecule has 0 saturated heterocycles. The fraction of sp³-hybridized carbons (Fsp3) is 0.478. The maximum atomic E-state index is 11.9. The van der Waals surface area contributed by atoms with E-state index in [-0.39, 0.29) is 39.7 Å². The van der Waals surface area contributed by atoms with Gasteiger partial charge in [0.1, 0.15) is 17.1 Å². The zero-order valence-electron chi connectivity index (χ0n) is 17.9. The number of methoxy groups -OCH3 is 1.